The summed E-state index contributed by atoms with van der Waals surface area (Å²) >= 11 is 0. The maximum atomic E-state index is 2.48. The lowest BCUT2D eigenvalue weighted by molar-refractivity contribution is 0.661. The average Bonchev–Trinajstić information content (AvgIpc) is 3.39. The second kappa shape index (κ2) is 10.5. The first-order valence-corrected chi connectivity index (χ1v) is 17.3. The van der Waals surface area contributed by atoms with Gasteiger partial charge >= 0.3 is 0 Å². The standard InChI is InChI=1S/C49H34/c1-49(2)44-27-26-35(30-43(44)48-38-19-6-4-14-32(38)25-28-45(48)49)47-41-22-9-7-20-39(41)46(40-21-8-10-23-42(40)47)34-17-11-16-33(29-34)37-24-12-15-31-13-3-5-18-36(31)37/h3-30H,1-2H3. The van der Waals surface area contributed by atoms with Crippen molar-refractivity contribution in [3.05, 3.63) is 181 Å². The van der Waals surface area contributed by atoms with Gasteiger partial charge in [0.15, 0.2) is 0 Å². The van der Waals surface area contributed by atoms with E-state index in [1.54, 1.807) is 0 Å². The molecule has 9 aromatic carbocycles. The summed E-state index contributed by atoms with van der Waals surface area (Å²) < 4.78 is 0. The highest BCUT2D eigenvalue weighted by molar-refractivity contribution is 6.22. The van der Waals surface area contributed by atoms with Crippen LogP contribution in [0.2, 0.25) is 0 Å². The van der Waals surface area contributed by atoms with Gasteiger partial charge in [-0.3, -0.25) is 0 Å². The lowest BCUT2D eigenvalue weighted by Gasteiger charge is -2.22. The molecule has 0 aliphatic heterocycles. The Morgan fingerprint density at radius 2 is 0.796 bits per heavy atom. The van der Waals surface area contributed by atoms with Crippen molar-refractivity contribution in [2.75, 3.05) is 0 Å². The molecule has 0 unspecified atom stereocenters. The maximum Gasteiger partial charge on any atom is 0.0159 e. The van der Waals surface area contributed by atoms with Crippen molar-refractivity contribution < 1.29 is 0 Å². The van der Waals surface area contributed by atoms with Crippen LogP contribution in [-0.4, -0.2) is 0 Å². The number of benzene rings is 9. The zero-order valence-corrected chi connectivity index (χ0v) is 27.7. The Bertz CT molecular complexity index is 2730. The molecular weight excluding hydrogens is 589 g/mol. The van der Waals surface area contributed by atoms with Crippen LogP contribution in [0.1, 0.15) is 25.0 Å². The van der Waals surface area contributed by atoms with Crippen LogP contribution in [0.3, 0.4) is 0 Å². The molecule has 0 N–H and O–H groups in total. The molecule has 1 aliphatic carbocycles. The van der Waals surface area contributed by atoms with Gasteiger partial charge in [0.1, 0.15) is 0 Å². The third kappa shape index (κ3) is 4.11. The van der Waals surface area contributed by atoms with Crippen molar-refractivity contribution in [2.45, 2.75) is 19.3 Å². The van der Waals surface area contributed by atoms with Gasteiger partial charge in [-0.15, -0.1) is 0 Å². The third-order valence-corrected chi connectivity index (χ3v) is 11.0. The van der Waals surface area contributed by atoms with Gasteiger partial charge < -0.3 is 0 Å². The van der Waals surface area contributed by atoms with E-state index in [0.29, 0.717) is 0 Å². The van der Waals surface area contributed by atoms with E-state index < -0.39 is 0 Å². The van der Waals surface area contributed by atoms with E-state index in [-0.39, 0.29) is 5.41 Å². The summed E-state index contributed by atoms with van der Waals surface area (Å²) in [7, 11) is 0. The van der Waals surface area contributed by atoms with Gasteiger partial charge in [-0.05, 0) is 111 Å². The molecule has 0 heterocycles. The van der Waals surface area contributed by atoms with Crippen LogP contribution in [0.25, 0.3) is 87.6 Å². The SMILES string of the molecule is CC1(C)c2ccc(-c3c4ccccc4c(-c4cccc(-c5cccc6ccccc56)c4)c4ccccc34)cc2-c2c1ccc1ccccc21. The molecule has 0 amide bonds. The molecule has 9 aromatic rings. The average molecular weight is 623 g/mol. The number of hydrogen-bond acceptors (Lipinski definition) is 0. The van der Waals surface area contributed by atoms with Gasteiger partial charge in [0.25, 0.3) is 0 Å². The summed E-state index contributed by atoms with van der Waals surface area (Å²) in [6, 6.07) is 63.1. The Morgan fingerprint density at radius 1 is 0.306 bits per heavy atom. The lowest BCUT2D eigenvalue weighted by Crippen LogP contribution is -2.14. The van der Waals surface area contributed by atoms with E-state index in [0.717, 1.165) is 0 Å². The largest absolute Gasteiger partial charge is 0.0616 e. The summed E-state index contributed by atoms with van der Waals surface area (Å²) in [5.41, 5.74) is 13.1. The van der Waals surface area contributed by atoms with Crippen molar-refractivity contribution >= 4 is 43.1 Å². The zero-order valence-electron chi connectivity index (χ0n) is 27.7. The normalized spacial score (nSPS) is 13.3. The predicted molar refractivity (Wildman–Crippen MR) is 210 cm³/mol. The first kappa shape index (κ1) is 28.1. The number of fused-ring (bicyclic) bond motifs is 8. The molecule has 10 rings (SSSR count). The number of hydrogen-bond donors (Lipinski definition) is 0. The van der Waals surface area contributed by atoms with Crippen LogP contribution < -0.4 is 0 Å². The molecule has 1 aliphatic rings. The second-order valence-electron chi connectivity index (χ2n) is 14.0. The summed E-state index contributed by atoms with van der Waals surface area (Å²) in [6.45, 7) is 4.75. The molecule has 0 fully saturated rings. The molecular formula is C49H34. The molecule has 0 aromatic heterocycles. The fourth-order valence-corrected chi connectivity index (χ4v) is 8.75. The topological polar surface area (TPSA) is 0 Å². The third-order valence-electron chi connectivity index (χ3n) is 11.0. The summed E-state index contributed by atoms with van der Waals surface area (Å²) in [5.74, 6) is 0. The van der Waals surface area contributed by atoms with Crippen LogP contribution in [0.5, 0.6) is 0 Å². The Morgan fingerprint density at radius 3 is 1.47 bits per heavy atom. The van der Waals surface area contributed by atoms with E-state index >= 15 is 0 Å². The molecule has 0 nitrogen and oxygen atoms in total. The van der Waals surface area contributed by atoms with Crippen LogP contribution >= 0.6 is 0 Å². The molecule has 0 heteroatoms. The first-order valence-electron chi connectivity index (χ1n) is 17.3. The van der Waals surface area contributed by atoms with Crippen LogP contribution in [0.15, 0.2) is 170 Å². The Balaban J connectivity index is 1.23. The van der Waals surface area contributed by atoms with Crippen LogP contribution in [0.4, 0.5) is 0 Å². The first-order chi connectivity index (χ1) is 24.1. The highest BCUT2D eigenvalue weighted by atomic mass is 14.4. The summed E-state index contributed by atoms with van der Waals surface area (Å²) in [5, 5.41) is 10.3. The monoisotopic (exact) mass is 622 g/mol. The van der Waals surface area contributed by atoms with Crippen molar-refractivity contribution in [3.63, 3.8) is 0 Å². The van der Waals surface area contributed by atoms with E-state index in [9.17, 15) is 0 Å². The molecule has 0 saturated heterocycles. The van der Waals surface area contributed by atoms with Gasteiger partial charge in [-0.1, -0.05) is 172 Å². The Labute approximate surface area is 286 Å². The van der Waals surface area contributed by atoms with Crippen molar-refractivity contribution in [1.29, 1.82) is 0 Å². The maximum absolute atomic E-state index is 2.48. The van der Waals surface area contributed by atoms with E-state index in [4.69, 9.17) is 0 Å². The summed E-state index contributed by atoms with van der Waals surface area (Å²) in [6.07, 6.45) is 0. The lowest BCUT2D eigenvalue weighted by atomic mass is 9.81. The van der Waals surface area contributed by atoms with Gasteiger partial charge in [0.2, 0.25) is 0 Å². The fourth-order valence-electron chi connectivity index (χ4n) is 8.75. The summed E-state index contributed by atoms with van der Waals surface area (Å²) in [4.78, 5) is 0. The Kier molecular flexibility index (Phi) is 6.02. The quantitative estimate of drug-likeness (QED) is 0.172. The van der Waals surface area contributed by atoms with Gasteiger partial charge in [0, 0.05) is 5.41 Å². The Hall–Kier alpha value is -5.98. The van der Waals surface area contributed by atoms with Gasteiger partial charge in [-0.2, -0.15) is 0 Å². The molecule has 0 saturated carbocycles. The zero-order chi connectivity index (χ0) is 32.7. The number of rotatable bonds is 3. The van der Waals surface area contributed by atoms with Crippen molar-refractivity contribution in [3.8, 4) is 44.5 Å². The minimum Gasteiger partial charge on any atom is -0.0616 e. The fraction of sp³-hybridized carbons (Fsp3) is 0.0612. The van der Waals surface area contributed by atoms with Crippen molar-refractivity contribution in [2.24, 2.45) is 0 Å². The molecule has 0 bridgehead atoms. The van der Waals surface area contributed by atoms with Crippen molar-refractivity contribution in [1.82, 2.24) is 0 Å². The van der Waals surface area contributed by atoms with Gasteiger partial charge in [-0.25, -0.2) is 0 Å². The molecule has 0 atom stereocenters. The molecule has 49 heavy (non-hydrogen) atoms. The van der Waals surface area contributed by atoms with Gasteiger partial charge in [0.05, 0.1) is 0 Å². The molecule has 0 spiro atoms. The molecule has 230 valence electrons. The van der Waals surface area contributed by atoms with E-state index in [1.165, 1.54) is 98.7 Å². The predicted octanol–water partition coefficient (Wildman–Crippen LogP) is 13.6. The second-order valence-corrected chi connectivity index (χ2v) is 14.0. The minimum absolute atomic E-state index is 0.0592. The molecule has 0 radical (unpaired) electrons. The van der Waals surface area contributed by atoms with E-state index in [1.807, 2.05) is 0 Å². The van der Waals surface area contributed by atoms with Crippen LogP contribution in [0, 0.1) is 0 Å². The minimum atomic E-state index is -0.0592. The highest BCUT2D eigenvalue weighted by Crippen LogP contribution is 2.53. The highest BCUT2D eigenvalue weighted by Gasteiger charge is 2.36. The van der Waals surface area contributed by atoms with Crippen LogP contribution in [-0.2, 0) is 5.41 Å². The smallest absolute Gasteiger partial charge is 0.0159 e. The van der Waals surface area contributed by atoms with E-state index in [2.05, 4.69) is 184 Å².